The van der Waals surface area contributed by atoms with Crippen molar-refractivity contribution in [3.05, 3.63) is 59.7 Å². The third-order valence-corrected chi connectivity index (χ3v) is 3.88. The van der Waals surface area contributed by atoms with Crippen LogP contribution in [0.2, 0.25) is 0 Å². The molecule has 0 fully saturated rings. The topological polar surface area (TPSA) is 59.6 Å². The van der Waals surface area contributed by atoms with Gasteiger partial charge in [-0.1, -0.05) is 38.1 Å². The Hall–Kier alpha value is -1.76. The van der Waals surface area contributed by atoms with Crippen LogP contribution in [0.5, 0.6) is 5.75 Å². The molecule has 0 unspecified atom stereocenters. The van der Waals surface area contributed by atoms with E-state index in [4.69, 9.17) is 10.5 Å². The Labute approximate surface area is 161 Å². The normalized spacial score (nSPS) is 11.6. The summed E-state index contributed by atoms with van der Waals surface area (Å²) in [5, 5.41) is 3.10. The molecule has 3 N–H and O–H groups in total. The fraction of sp³-hybridized carbons (Fsp3) is 0.316. The molecule has 0 aliphatic carbocycles. The number of aliphatic imine (C=N–C) groups is 1. The molecule has 0 atom stereocenters. The lowest BCUT2D eigenvalue weighted by Crippen LogP contribution is -2.28. The number of aryl methyl sites for hydroxylation is 1. The molecule has 0 amide bonds. The van der Waals surface area contributed by atoms with Crippen LogP contribution in [-0.4, -0.2) is 19.6 Å². The molecule has 0 bridgehead atoms. The van der Waals surface area contributed by atoms with Crippen molar-refractivity contribution in [1.82, 2.24) is 0 Å². The van der Waals surface area contributed by atoms with Crippen molar-refractivity contribution in [1.29, 1.82) is 0 Å². The minimum Gasteiger partial charge on any atom is -0.497 e. The molecule has 0 spiro atoms. The molecule has 5 heteroatoms. The molecule has 0 saturated carbocycles. The molecule has 0 aliphatic rings. The number of hydrogen-bond donors (Lipinski definition) is 2. The second-order valence-corrected chi connectivity index (χ2v) is 6.25. The van der Waals surface area contributed by atoms with Gasteiger partial charge < -0.3 is 15.8 Å². The van der Waals surface area contributed by atoms with Crippen LogP contribution in [-0.2, 0) is 5.41 Å². The molecular formula is C19H26IN3O. The first-order chi connectivity index (χ1) is 10.9. The molecular weight excluding hydrogens is 413 g/mol. The molecule has 130 valence electrons. The Kier molecular flexibility index (Phi) is 7.54. The van der Waals surface area contributed by atoms with E-state index in [1.54, 1.807) is 7.11 Å². The number of hydrogen-bond acceptors (Lipinski definition) is 2. The minimum atomic E-state index is -0.0719. The van der Waals surface area contributed by atoms with Gasteiger partial charge in [-0.3, -0.25) is 4.99 Å². The fourth-order valence-electron chi connectivity index (χ4n) is 2.56. The summed E-state index contributed by atoms with van der Waals surface area (Å²) in [6.45, 7) is 7.10. The number of rotatable bonds is 5. The number of guanidine groups is 1. The van der Waals surface area contributed by atoms with E-state index in [0.717, 1.165) is 11.4 Å². The number of ether oxygens (including phenoxy) is 1. The monoisotopic (exact) mass is 439 g/mol. The van der Waals surface area contributed by atoms with Gasteiger partial charge in [-0.15, -0.1) is 24.0 Å². The molecule has 0 radical (unpaired) electrons. The fourth-order valence-corrected chi connectivity index (χ4v) is 2.56. The zero-order valence-electron chi connectivity index (χ0n) is 14.7. The van der Waals surface area contributed by atoms with Gasteiger partial charge in [0.1, 0.15) is 5.75 Å². The van der Waals surface area contributed by atoms with E-state index < -0.39 is 0 Å². The lowest BCUT2D eigenvalue weighted by atomic mass is 9.82. The van der Waals surface area contributed by atoms with E-state index in [0.29, 0.717) is 12.5 Å². The minimum absolute atomic E-state index is 0. The second kappa shape index (κ2) is 8.92. The van der Waals surface area contributed by atoms with Gasteiger partial charge in [0, 0.05) is 11.1 Å². The maximum absolute atomic E-state index is 6.01. The SMILES string of the molecule is COc1ccc(NC(N)=NCC(C)(C)c2ccccc2C)cc1.I. The van der Waals surface area contributed by atoms with Gasteiger partial charge in [-0.25, -0.2) is 0 Å². The number of halogens is 1. The maximum Gasteiger partial charge on any atom is 0.193 e. The van der Waals surface area contributed by atoms with E-state index in [1.807, 2.05) is 24.3 Å². The Morgan fingerprint density at radius 3 is 2.33 bits per heavy atom. The lowest BCUT2D eigenvalue weighted by Gasteiger charge is -2.25. The highest BCUT2D eigenvalue weighted by Gasteiger charge is 2.21. The number of benzene rings is 2. The number of anilines is 1. The number of nitrogens with one attached hydrogen (secondary N) is 1. The summed E-state index contributed by atoms with van der Waals surface area (Å²) in [6.07, 6.45) is 0. The van der Waals surface area contributed by atoms with Crippen LogP contribution in [0.1, 0.15) is 25.0 Å². The Bertz CT molecular complexity index is 681. The highest BCUT2D eigenvalue weighted by atomic mass is 127. The molecule has 2 rings (SSSR count). The third-order valence-electron chi connectivity index (χ3n) is 3.88. The van der Waals surface area contributed by atoms with Crippen LogP contribution in [0.25, 0.3) is 0 Å². The lowest BCUT2D eigenvalue weighted by molar-refractivity contribution is 0.415. The van der Waals surface area contributed by atoms with Crippen LogP contribution in [0.15, 0.2) is 53.5 Å². The largest absolute Gasteiger partial charge is 0.497 e. The van der Waals surface area contributed by atoms with E-state index in [9.17, 15) is 0 Å². The van der Waals surface area contributed by atoms with E-state index in [1.165, 1.54) is 11.1 Å². The zero-order valence-corrected chi connectivity index (χ0v) is 17.0. The highest BCUT2D eigenvalue weighted by Crippen LogP contribution is 2.26. The van der Waals surface area contributed by atoms with Gasteiger partial charge in [0.25, 0.3) is 0 Å². The van der Waals surface area contributed by atoms with Crippen molar-refractivity contribution < 1.29 is 4.74 Å². The predicted molar refractivity (Wildman–Crippen MR) is 113 cm³/mol. The summed E-state index contributed by atoms with van der Waals surface area (Å²) >= 11 is 0. The first kappa shape index (κ1) is 20.3. The van der Waals surface area contributed by atoms with E-state index >= 15 is 0 Å². The van der Waals surface area contributed by atoms with Crippen LogP contribution < -0.4 is 15.8 Å². The quantitative estimate of drug-likeness (QED) is 0.414. The van der Waals surface area contributed by atoms with Crippen LogP contribution in [0.3, 0.4) is 0 Å². The molecule has 0 heterocycles. The van der Waals surface area contributed by atoms with Crippen LogP contribution >= 0.6 is 24.0 Å². The summed E-state index contributed by atoms with van der Waals surface area (Å²) < 4.78 is 5.14. The van der Waals surface area contributed by atoms with Crippen LogP contribution in [0.4, 0.5) is 5.69 Å². The highest BCUT2D eigenvalue weighted by molar-refractivity contribution is 14.0. The number of methoxy groups -OCH3 is 1. The van der Waals surface area contributed by atoms with Crippen molar-refractivity contribution in [2.45, 2.75) is 26.2 Å². The summed E-state index contributed by atoms with van der Waals surface area (Å²) in [6, 6.07) is 16.0. The van der Waals surface area contributed by atoms with Gasteiger partial charge in [0.05, 0.1) is 13.7 Å². The predicted octanol–water partition coefficient (Wildman–Crippen LogP) is 4.33. The summed E-state index contributed by atoms with van der Waals surface area (Å²) in [7, 11) is 1.64. The Morgan fingerprint density at radius 2 is 1.75 bits per heavy atom. The molecule has 0 aromatic heterocycles. The average Bonchev–Trinajstić information content (AvgIpc) is 2.54. The van der Waals surface area contributed by atoms with Crippen molar-refractivity contribution in [2.75, 3.05) is 19.0 Å². The Morgan fingerprint density at radius 1 is 1.12 bits per heavy atom. The standard InChI is InChI=1S/C19H25N3O.HI/c1-14-7-5-6-8-17(14)19(2,3)13-21-18(20)22-15-9-11-16(23-4)12-10-15;/h5-12H,13H2,1-4H3,(H3,20,21,22);1H. The smallest absolute Gasteiger partial charge is 0.193 e. The molecule has 0 aliphatic heterocycles. The van der Waals surface area contributed by atoms with Crippen molar-refractivity contribution in [3.8, 4) is 5.75 Å². The average molecular weight is 439 g/mol. The summed E-state index contributed by atoms with van der Waals surface area (Å²) in [5.74, 6) is 1.23. The van der Waals surface area contributed by atoms with E-state index in [2.05, 4.69) is 55.3 Å². The molecule has 24 heavy (non-hydrogen) atoms. The van der Waals surface area contributed by atoms with Gasteiger partial charge in [-0.2, -0.15) is 0 Å². The molecule has 2 aromatic carbocycles. The summed E-state index contributed by atoms with van der Waals surface area (Å²) in [5.41, 5.74) is 9.39. The van der Waals surface area contributed by atoms with E-state index in [-0.39, 0.29) is 29.4 Å². The van der Waals surface area contributed by atoms with Crippen molar-refractivity contribution in [2.24, 2.45) is 10.7 Å². The maximum atomic E-state index is 6.01. The van der Waals surface area contributed by atoms with Crippen LogP contribution in [0, 0.1) is 6.92 Å². The number of nitrogens with two attached hydrogens (primary N) is 1. The van der Waals surface area contributed by atoms with Gasteiger partial charge in [0.15, 0.2) is 5.96 Å². The molecule has 0 saturated heterocycles. The summed E-state index contributed by atoms with van der Waals surface area (Å²) in [4.78, 5) is 4.50. The van der Waals surface area contributed by atoms with Crippen molar-refractivity contribution >= 4 is 35.6 Å². The van der Waals surface area contributed by atoms with Gasteiger partial charge >= 0.3 is 0 Å². The number of nitrogens with zero attached hydrogens (tertiary/aromatic N) is 1. The molecule has 4 nitrogen and oxygen atoms in total. The van der Waals surface area contributed by atoms with Gasteiger partial charge in [0.2, 0.25) is 0 Å². The Balaban J connectivity index is 0.00000288. The van der Waals surface area contributed by atoms with Crippen molar-refractivity contribution in [3.63, 3.8) is 0 Å². The zero-order chi connectivity index (χ0) is 16.9. The van der Waals surface area contributed by atoms with Gasteiger partial charge in [-0.05, 0) is 42.3 Å². The first-order valence-electron chi connectivity index (χ1n) is 7.69. The first-order valence-corrected chi connectivity index (χ1v) is 7.69. The molecule has 2 aromatic rings. The second-order valence-electron chi connectivity index (χ2n) is 6.25. The third kappa shape index (κ3) is 5.40.